The first-order valence-corrected chi connectivity index (χ1v) is 10.7. The van der Waals surface area contributed by atoms with Gasteiger partial charge in [0, 0.05) is 35.2 Å². The molecule has 2 aliphatic rings. The van der Waals surface area contributed by atoms with Crippen LogP contribution in [0.4, 0.5) is 10.5 Å². The number of urea groups is 1. The van der Waals surface area contributed by atoms with Crippen LogP contribution in [-0.4, -0.2) is 35.7 Å². The van der Waals surface area contributed by atoms with Gasteiger partial charge in [-0.25, -0.2) is 4.79 Å². The average Bonchev–Trinajstić information content (AvgIpc) is 3.24. The molecule has 144 valence electrons. The van der Waals surface area contributed by atoms with Crippen molar-refractivity contribution in [1.82, 2.24) is 10.2 Å². The molecule has 2 bridgehead atoms. The van der Waals surface area contributed by atoms with Crippen molar-refractivity contribution in [3.05, 3.63) is 46.7 Å². The van der Waals surface area contributed by atoms with Crippen molar-refractivity contribution < 1.29 is 9.53 Å². The maximum Gasteiger partial charge on any atom is 0.319 e. The Morgan fingerprint density at radius 1 is 1.19 bits per heavy atom. The van der Waals surface area contributed by atoms with Gasteiger partial charge in [0.1, 0.15) is 5.75 Å². The average molecular weight is 386 g/mol. The largest absolute Gasteiger partial charge is 0.494 e. The lowest BCUT2D eigenvalue weighted by atomic mass is 9.97. The molecule has 5 nitrogen and oxygen atoms in total. The SMILES string of the molecule is CCOc1ccc(NC(=O)NC2CC3CCC(C2)N3Cc2cccs2)cc1. The van der Waals surface area contributed by atoms with E-state index in [2.05, 4.69) is 33.0 Å². The summed E-state index contributed by atoms with van der Waals surface area (Å²) in [4.78, 5) is 16.5. The summed E-state index contributed by atoms with van der Waals surface area (Å²) in [5.74, 6) is 0.818. The zero-order chi connectivity index (χ0) is 18.6. The molecule has 1 aromatic heterocycles. The van der Waals surface area contributed by atoms with Crippen LogP contribution in [0.2, 0.25) is 0 Å². The molecule has 2 aromatic rings. The number of anilines is 1. The molecule has 2 fully saturated rings. The van der Waals surface area contributed by atoms with Crippen molar-refractivity contribution >= 4 is 23.1 Å². The minimum Gasteiger partial charge on any atom is -0.494 e. The summed E-state index contributed by atoms with van der Waals surface area (Å²) in [6.45, 7) is 3.65. The van der Waals surface area contributed by atoms with Gasteiger partial charge in [0.2, 0.25) is 0 Å². The van der Waals surface area contributed by atoms with Crippen molar-refractivity contribution in [3.8, 4) is 5.75 Å². The number of carbonyl (C=O) groups excluding carboxylic acids is 1. The van der Waals surface area contributed by atoms with Crippen molar-refractivity contribution in [3.63, 3.8) is 0 Å². The minimum atomic E-state index is -0.115. The van der Waals surface area contributed by atoms with Gasteiger partial charge >= 0.3 is 6.03 Å². The molecule has 3 heterocycles. The molecule has 6 heteroatoms. The van der Waals surface area contributed by atoms with Gasteiger partial charge in [-0.05, 0) is 68.3 Å². The third kappa shape index (κ3) is 4.45. The summed E-state index contributed by atoms with van der Waals surface area (Å²) < 4.78 is 5.43. The summed E-state index contributed by atoms with van der Waals surface area (Å²) in [7, 11) is 0. The Morgan fingerprint density at radius 2 is 1.93 bits per heavy atom. The number of hydrogen-bond acceptors (Lipinski definition) is 4. The Hall–Kier alpha value is -2.05. The van der Waals surface area contributed by atoms with Crippen molar-refractivity contribution in [2.45, 2.75) is 57.3 Å². The van der Waals surface area contributed by atoms with Gasteiger partial charge < -0.3 is 15.4 Å². The Morgan fingerprint density at radius 3 is 2.56 bits per heavy atom. The van der Waals surface area contributed by atoms with E-state index in [0.29, 0.717) is 18.7 Å². The first-order valence-electron chi connectivity index (χ1n) is 9.79. The smallest absolute Gasteiger partial charge is 0.319 e. The number of benzene rings is 1. The van der Waals surface area contributed by atoms with Gasteiger partial charge in [-0.3, -0.25) is 4.90 Å². The highest BCUT2D eigenvalue weighted by molar-refractivity contribution is 7.09. The normalized spacial score (nSPS) is 24.6. The predicted molar refractivity (Wildman–Crippen MR) is 109 cm³/mol. The molecule has 4 rings (SSSR count). The lowest BCUT2D eigenvalue weighted by molar-refractivity contribution is 0.113. The number of ether oxygens (including phenoxy) is 1. The molecule has 2 atom stereocenters. The second-order valence-corrected chi connectivity index (χ2v) is 8.39. The minimum absolute atomic E-state index is 0.115. The van der Waals surface area contributed by atoms with Gasteiger partial charge in [-0.2, -0.15) is 0 Å². The zero-order valence-corrected chi connectivity index (χ0v) is 16.5. The summed E-state index contributed by atoms with van der Waals surface area (Å²) in [5, 5.41) is 8.27. The van der Waals surface area contributed by atoms with Crippen LogP contribution in [0.3, 0.4) is 0 Å². The van der Waals surface area contributed by atoms with Gasteiger partial charge in [0.25, 0.3) is 0 Å². The Kier molecular flexibility index (Phi) is 5.64. The monoisotopic (exact) mass is 385 g/mol. The van der Waals surface area contributed by atoms with E-state index < -0.39 is 0 Å². The van der Waals surface area contributed by atoms with Crippen molar-refractivity contribution in [2.24, 2.45) is 0 Å². The molecular formula is C21H27N3O2S. The number of piperidine rings is 1. The number of fused-ring (bicyclic) bond motifs is 2. The molecule has 0 spiro atoms. The van der Waals surface area contributed by atoms with Crippen LogP contribution >= 0.6 is 11.3 Å². The molecular weight excluding hydrogens is 358 g/mol. The van der Waals surface area contributed by atoms with Gasteiger partial charge in [0.05, 0.1) is 6.61 Å². The number of amides is 2. The number of nitrogens with zero attached hydrogens (tertiary/aromatic N) is 1. The molecule has 2 unspecified atom stereocenters. The van der Waals surface area contributed by atoms with Crippen LogP contribution in [0, 0.1) is 0 Å². The second-order valence-electron chi connectivity index (χ2n) is 7.36. The van der Waals surface area contributed by atoms with Crippen LogP contribution < -0.4 is 15.4 Å². The standard InChI is InChI=1S/C21H27N3O2S/c1-2-26-19-9-5-15(6-10-19)22-21(25)23-16-12-17-7-8-18(13-16)24(17)14-20-4-3-11-27-20/h3-6,9-11,16-18H,2,7-8,12-14H2,1H3,(H2,22,23,25). The molecule has 2 amide bonds. The summed E-state index contributed by atoms with van der Waals surface area (Å²) in [6, 6.07) is 13.2. The molecule has 2 N–H and O–H groups in total. The van der Waals surface area contributed by atoms with E-state index in [0.717, 1.165) is 30.8 Å². The molecule has 1 aromatic carbocycles. The molecule has 0 saturated carbocycles. The van der Waals surface area contributed by atoms with Crippen LogP contribution in [0.25, 0.3) is 0 Å². The fourth-order valence-corrected chi connectivity index (χ4v) is 5.10. The lowest BCUT2D eigenvalue weighted by Crippen LogP contribution is -2.50. The van der Waals surface area contributed by atoms with E-state index >= 15 is 0 Å². The summed E-state index contributed by atoms with van der Waals surface area (Å²) >= 11 is 1.83. The molecule has 27 heavy (non-hydrogen) atoms. The van der Waals surface area contributed by atoms with E-state index in [9.17, 15) is 4.79 Å². The van der Waals surface area contributed by atoms with Gasteiger partial charge in [0.15, 0.2) is 0 Å². The molecule has 2 saturated heterocycles. The number of thiophene rings is 1. The van der Waals surface area contributed by atoms with Crippen LogP contribution in [0.15, 0.2) is 41.8 Å². The fourth-order valence-electron chi connectivity index (χ4n) is 4.39. The molecule has 0 radical (unpaired) electrons. The topological polar surface area (TPSA) is 53.6 Å². The highest BCUT2D eigenvalue weighted by Crippen LogP contribution is 2.37. The van der Waals surface area contributed by atoms with E-state index in [1.165, 1.54) is 17.7 Å². The quantitative estimate of drug-likeness (QED) is 0.772. The van der Waals surface area contributed by atoms with Gasteiger partial charge in [-0.1, -0.05) is 6.07 Å². The van der Waals surface area contributed by atoms with E-state index in [-0.39, 0.29) is 12.1 Å². The first kappa shape index (κ1) is 18.3. The first-order chi connectivity index (χ1) is 13.2. The number of carbonyl (C=O) groups is 1. The lowest BCUT2D eigenvalue weighted by Gasteiger charge is -2.39. The summed E-state index contributed by atoms with van der Waals surface area (Å²) in [5.41, 5.74) is 0.786. The van der Waals surface area contributed by atoms with Crippen LogP contribution in [-0.2, 0) is 6.54 Å². The van der Waals surface area contributed by atoms with E-state index in [1.807, 2.05) is 42.5 Å². The maximum absolute atomic E-state index is 12.4. The highest BCUT2D eigenvalue weighted by atomic mass is 32.1. The number of rotatable bonds is 6. The zero-order valence-electron chi connectivity index (χ0n) is 15.7. The summed E-state index contributed by atoms with van der Waals surface area (Å²) in [6.07, 6.45) is 4.57. The molecule has 2 aliphatic heterocycles. The number of nitrogens with one attached hydrogen (secondary N) is 2. The Bertz CT molecular complexity index is 733. The maximum atomic E-state index is 12.4. The van der Waals surface area contributed by atoms with Gasteiger partial charge in [-0.15, -0.1) is 11.3 Å². The van der Waals surface area contributed by atoms with Crippen molar-refractivity contribution in [2.75, 3.05) is 11.9 Å². The third-order valence-corrected chi connectivity index (χ3v) is 6.42. The molecule has 0 aliphatic carbocycles. The van der Waals surface area contributed by atoms with Crippen LogP contribution in [0.1, 0.15) is 37.5 Å². The Labute approximate surface area is 164 Å². The number of hydrogen-bond donors (Lipinski definition) is 2. The van der Waals surface area contributed by atoms with Crippen molar-refractivity contribution in [1.29, 1.82) is 0 Å². The Balaban J connectivity index is 1.28. The van der Waals surface area contributed by atoms with Crippen LogP contribution in [0.5, 0.6) is 5.75 Å². The van der Waals surface area contributed by atoms with E-state index in [4.69, 9.17) is 4.74 Å². The second kappa shape index (κ2) is 8.31. The predicted octanol–water partition coefficient (Wildman–Crippen LogP) is 4.46. The fraction of sp³-hybridized carbons (Fsp3) is 0.476. The highest BCUT2D eigenvalue weighted by Gasteiger charge is 2.41. The third-order valence-electron chi connectivity index (χ3n) is 5.56. The van der Waals surface area contributed by atoms with E-state index in [1.54, 1.807) is 0 Å².